The van der Waals surface area contributed by atoms with Gasteiger partial charge in [0, 0.05) is 6.42 Å². The Balaban J connectivity index is 5.64. The van der Waals surface area contributed by atoms with E-state index in [1.165, 1.54) is 0 Å². The van der Waals surface area contributed by atoms with Gasteiger partial charge in [-0.25, -0.2) is 0 Å². The van der Waals surface area contributed by atoms with Gasteiger partial charge in [-0.3, -0.25) is 0 Å². The minimum Gasteiger partial charge on any atom is -0.200 e. The number of hydrogen-bond acceptors (Lipinski definition) is 0. The fourth-order valence-electron chi connectivity index (χ4n) is 1.91. The first-order valence-corrected chi connectivity index (χ1v) is 7.27. The van der Waals surface area contributed by atoms with Crippen molar-refractivity contribution in [2.24, 2.45) is 0 Å². The molecule has 0 amide bonds. The number of halogens is 13. The van der Waals surface area contributed by atoms with Crippen molar-refractivity contribution in [3.05, 3.63) is 0 Å². The summed E-state index contributed by atoms with van der Waals surface area (Å²) in [5.41, 5.74) is 0. The number of rotatable bonds is 10. The molecule has 0 spiro atoms. The summed E-state index contributed by atoms with van der Waals surface area (Å²) in [6.45, 7) is 1.69. The molecule has 0 rings (SSSR count). The van der Waals surface area contributed by atoms with Crippen molar-refractivity contribution in [1.29, 1.82) is 0 Å². The summed E-state index contributed by atoms with van der Waals surface area (Å²) in [6.07, 6.45) is -9.22. The molecule has 0 nitrogen and oxygen atoms in total. The van der Waals surface area contributed by atoms with Crippen LogP contribution in [0.3, 0.4) is 0 Å². The van der Waals surface area contributed by atoms with Crippen LogP contribution < -0.4 is 0 Å². The van der Waals surface area contributed by atoms with Crippen LogP contribution >= 0.6 is 0 Å². The zero-order chi connectivity index (χ0) is 21.2. The lowest BCUT2D eigenvalue weighted by Crippen LogP contribution is -2.70. The minimum absolute atomic E-state index is 0.180. The molecular formula is C13H15F13. The quantitative estimate of drug-likeness (QED) is 0.263. The van der Waals surface area contributed by atoms with E-state index < -0.39 is 48.6 Å². The Hall–Kier alpha value is -0.910. The monoisotopic (exact) mass is 418 g/mol. The zero-order valence-electron chi connectivity index (χ0n) is 13.2. The molecule has 26 heavy (non-hydrogen) atoms. The SMILES string of the molecule is CCCCCCCC(F)(F)C(F)(F)C(F)(F)C(F)(F)C(F)(F)C(F)(F)F. The first-order valence-electron chi connectivity index (χ1n) is 7.27. The smallest absolute Gasteiger partial charge is 0.200 e. The van der Waals surface area contributed by atoms with Crippen molar-refractivity contribution in [3.63, 3.8) is 0 Å². The van der Waals surface area contributed by atoms with Crippen LogP contribution in [-0.4, -0.2) is 35.8 Å². The Morgan fingerprint density at radius 3 is 1.23 bits per heavy atom. The number of alkyl halides is 13. The maximum absolute atomic E-state index is 13.3. The Morgan fingerprint density at radius 1 is 0.462 bits per heavy atom. The third-order valence-electron chi connectivity index (χ3n) is 3.59. The molecule has 0 aromatic carbocycles. The predicted molar refractivity (Wildman–Crippen MR) is 64.2 cm³/mol. The van der Waals surface area contributed by atoms with Crippen molar-refractivity contribution in [1.82, 2.24) is 0 Å². The van der Waals surface area contributed by atoms with Gasteiger partial charge in [0.2, 0.25) is 0 Å². The van der Waals surface area contributed by atoms with Crippen LogP contribution in [0.25, 0.3) is 0 Å². The predicted octanol–water partition coefficient (Wildman–Crippen LogP) is 7.09. The lowest BCUT2D eigenvalue weighted by Gasteiger charge is -2.39. The fourth-order valence-corrected chi connectivity index (χ4v) is 1.91. The Labute approximate surface area is 139 Å². The van der Waals surface area contributed by atoms with Gasteiger partial charge in [0.15, 0.2) is 0 Å². The van der Waals surface area contributed by atoms with Gasteiger partial charge in [-0.2, -0.15) is 57.1 Å². The van der Waals surface area contributed by atoms with E-state index in [0.717, 1.165) is 0 Å². The first-order chi connectivity index (χ1) is 11.3. The lowest BCUT2D eigenvalue weighted by molar-refractivity contribution is -0.440. The number of hydrogen-bond donors (Lipinski definition) is 0. The molecule has 0 aromatic heterocycles. The molecule has 0 N–H and O–H groups in total. The average molecular weight is 418 g/mol. The van der Waals surface area contributed by atoms with Gasteiger partial charge in [0.1, 0.15) is 0 Å². The Morgan fingerprint density at radius 2 is 0.846 bits per heavy atom. The van der Waals surface area contributed by atoms with Gasteiger partial charge in [-0.05, 0) is 6.42 Å². The highest BCUT2D eigenvalue weighted by Gasteiger charge is 2.90. The minimum atomic E-state index is -7.81. The van der Waals surface area contributed by atoms with Crippen LogP contribution in [0.2, 0.25) is 0 Å². The molecule has 13 heteroatoms. The molecule has 0 radical (unpaired) electrons. The van der Waals surface area contributed by atoms with E-state index in [1.807, 2.05) is 0 Å². The molecule has 0 heterocycles. The van der Waals surface area contributed by atoms with Crippen molar-refractivity contribution in [2.45, 2.75) is 81.2 Å². The molecule has 0 aliphatic heterocycles. The van der Waals surface area contributed by atoms with Gasteiger partial charge < -0.3 is 0 Å². The average Bonchev–Trinajstić information content (AvgIpc) is 2.44. The molecule has 0 aromatic rings. The molecule has 0 unspecified atom stereocenters. The van der Waals surface area contributed by atoms with Crippen LogP contribution in [0.1, 0.15) is 45.4 Å². The largest absolute Gasteiger partial charge is 0.460 e. The van der Waals surface area contributed by atoms with E-state index in [9.17, 15) is 57.1 Å². The van der Waals surface area contributed by atoms with Crippen LogP contribution in [0.4, 0.5) is 57.1 Å². The van der Waals surface area contributed by atoms with Crippen LogP contribution in [0.15, 0.2) is 0 Å². The van der Waals surface area contributed by atoms with Crippen molar-refractivity contribution in [2.75, 3.05) is 0 Å². The molecular weight excluding hydrogens is 403 g/mol. The summed E-state index contributed by atoms with van der Waals surface area (Å²) in [6, 6.07) is 0. The highest BCUT2D eigenvalue weighted by Crippen LogP contribution is 2.60. The van der Waals surface area contributed by atoms with Gasteiger partial charge in [-0.1, -0.05) is 32.6 Å². The summed E-state index contributed by atoms with van der Waals surface area (Å²) in [4.78, 5) is 0. The van der Waals surface area contributed by atoms with Gasteiger partial charge in [0.05, 0.1) is 0 Å². The molecule has 0 saturated heterocycles. The zero-order valence-corrected chi connectivity index (χ0v) is 13.2. The molecule has 0 aliphatic rings. The van der Waals surface area contributed by atoms with E-state index >= 15 is 0 Å². The van der Waals surface area contributed by atoms with Crippen LogP contribution in [0.5, 0.6) is 0 Å². The molecule has 0 bridgehead atoms. The van der Waals surface area contributed by atoms with Crippen molar-refractivity contribution in [3.8, 4) is 0 Å². The normalized spacial score (nSPS) is 15.5. The van der Waals surface area contributed by atoms with E-state index in [-0.39, 0.29) is 12.8 Å². The summed E-state index contributed by atoms with van der Waals surface area (Å²) in [5, 5.41) is 0. The van der Waals surface area contributed by atoms with E-state index in [4.69, 9.17) is 0 Å². The fraction of sp³-hybridized carbons (Fsp3) is 1.00. The van der Waals surface area contributed by atoms with Crippen LogP contribution in [0, 0.1) is 0 Å². The maximum atomic E-state index is 13.3. The van der Waals surface area contributed by atoms with E-state index in [1.54, 1.807) is 6.92 Å². The van der Waals surface area contributed by atoms with Crippen molar-refractivity contribution < 1.29 is 57.1 Å². The summed E-state index contributed by atoms with van der Waals surface area (Å²) >= 11 is 0. The highest BCUT2D eigenvalue weighted by atomic mass is 19.4. The molecule has 0 fully saturated rings. The second-order valence-electron chi connectivity index (χ2n) is 5.66. The third-order valence-corrected chi connectivity index (χ3v) is 3.59. The lowest BCUT2D eigenvalue weighted by atomic mass is 9.91. The summed E-state index contributed by atoms with van der Waals surface area (Å²) in [7, 11) is 0. The molecule has 158 valence electrons. The Bertz CT molecular complexity index is 449. The second kappa shape index (κ2) is 7.61. The third kappa shape index (κ3) is 4.15. The highest BCUT2D eigenvalue weighted by molar-refractivity contribution is 5.10. The van der Waals surface area contributed by atoms with Gasteiger partial charge in [-0.15, -0.1) is 0 Å². The summed E-state index contributed by atoms with van der Waals surface area (Å²) in [5.74, 6) is -36.2. The standard InChI is InChI=1S/C13H15F13/c1-2-3-4-5-6-7-8(14,15)9(16,17)10(18,19)11(20,21)12(22,23)13(24,25)26/h2-7H2,1H3. The Kier molecular flexibility index (Phi) is 7.34. The topological polar surface area (TPSA) is 0 Å². The summed E-state index contributed by atoms with van der Waals surface area (Å²) < 4.78 is 166. The molecule has 0 saturated carbocycles. The van der Waals surface area contributed by atoms with E-state index in [2.05, 4.69) is 0 Å². The second-order valence-corrected chi connectivity index (χ2v) is 5.66. The van der Waals surface area contributed by atoms with Crippen LogP contribution in [-0.2, 0) is 0 Å². The first kappa shape index (κ1) is 25.1. The molecule has 0 aliphatic carbocycles. The van der Waals surface area contributed by atoms with E-state index in [0.29, 0.717) is 12.8 Å². The van der Waals surface area contributed by atoms with Crippen molar-refractivity contribution >= 4 is 0 Å². The maximum Gasteiger partial charge on any atom is 0.460 e. The number of unbranched alkanes of at least 4 members (excludes halogenated alkanes) is 4. The van der Waals surface area contributed by atoms with Gasteiger partial charge >= 0.3 is 35.8 Å². The molecule has 0 atom stereocenters. The van der Waals surface area contributed by atoms with Gasteiger partial charge in [0.25, 0.3) is 0 Å².